The smallest absolute Gasteiger partial charge is 0.280 e. The molecule has 1 aromatic heterocycles. The van der Waals surface area contributed by atoms with Gasteiger partial charge in [0, 0.05) is 17.4 Å². The Morgan fingerprint density at radius 2 is 1.80 bits per heavy atom. The van der Waals surface area contributed by atoms with Gasteiger partial charge in [0.05, 0.1) is 7.11 Å². The van der Waals surface area contributed by atoms with Crippen molar-refractivity contribution in [2.45, 2.75) is 27.3 Å². The number of amides is 2. The predicted octanol–water partition coefficient (Wildman–Crippen LogP) is 2.69. The second-order valence-corrected chi connectivity index (χ2v) is 6.99. The summed E-state index contributed by atoms with van der Waals surface area (Å²) >= 11 is 0. The van der Waals surface area contributed by atoms with E-state index in [9.17, 15) is 9.59 Å². The fourth-order valence-corrected chi connectivity index (χ4v) is 3.18. The first kappa shape index (κ1) is 20.8. The molecule has 1 heterocycles. The van der Waals surface area contributed by atoms with Crippen LogP contribution in [0, 0.1) is 20.8 Å². The number of nitrogens with one attached hydrogen (secondary N) is 2. The highest BCUT2D eigenvalue weighted by Crippen LogP contribution is 2.22. The molecule has 2 amide bonds. The molecule has 0 radical (unpaired) electrons. The number of benzene rings is 2. The van der Waals surface area contributed by atoms with Gasteiger partial charge in [-0.1, -0.05) is 29.0 Å². The molecule has 0 aliphatic heterocycles. The second-order valence-electron chi connectivity index (χ2n) is 6.99. The van der Waals surface area contributed by atoms with Crippen LogP contribution in [0.1, 0.15) is 27.2 Å². The Balaban J connectivity index is 1.70. The summed E-state index contributed by atoms with van der Waals surface area (Å²) in [7, 11) is 1.54. The topological polar surface area (TPSA) is 124 Å². The Hall–Kier alpha value is -3.88. The monoisotopic (exact) mass is 408 g/mol. The first-order valence-corrected chi connectivity index (χ1v) is 9.30. The number of aromatic nitrogens is 3. The first-order chi connectivity index (χ1) is 14.3. The SMILES string of the molecule is COc1cccc(NC(=O)c2nnn(CC(=O)Nc3c(C)cc(C)cc3C)c2N)c1. The lowest BCUT2D eigenvalue weighted by atomic mass is 10.1. The van der Waals surface area contributed by atoms with E-state index in [1.165, 1.54) is 11.8 Å². The standard InChI is InChI=1S/C21H24N6O3/c1-12-8-13(2)18(14(3)9-12)24-17(28)11-27-20(22)19(25-26-27)21(29)23-15-6-5-7-16(10-15)30-4/h5-10H,11,22H2,1-4H3,(H,23,29)(H,24,28). The third-order valence-electron chi connectivity index (χ3n) is 4.55. The normalized spacial score (nSPS) is 10.5. The van der Waals surface area contributed by atoms with Crippen molar-refractivity contribution in [3.8, 4) is 5.75 Å². The maximum absolute atomic E-state index is 12.5. The Morgan fingerprint density at radius 1 is 1.10 bits per heavy atom. The molecule has 4 N–H and O–H groups in total. The van der Waals surface area contributed by atoms with Gasteiger partial charge in [0.1, 0.15) is 12.3 Å². The van der Waals surface area contributed by atoms with Crippen molar-refractivity contribution in [3.63, 3.8) is 0 Å². The van der Waals surface area contributed by atoms with E-state index in [0.29, 0.717) is 11.4 Å². The van der Waals surface area contributed by atoms with Gasteiger partial charge in [-0.15, -0.1) is 5.10 Å². The van der Waals surface area contributed by atoms with Crippen LogP contribution < -0.4 is 21.1 Å². The number of hydrogen-bond donors (Lipinski definition) is 3. The average molecular weight is 408 g/mol. The Morgan fingerprint density at radius 3 is 2.47 bits per heavy atom. The summed E-state index contributed by atoms with van der Waals surface area (Å²) < 4.78 is 6.32. The van der Waals surface area contributed by atoms with E-state index >= 15 is 0 Å². The third-order valence-corrected chi connectivity index (χ3v) is 4.55. The number of ether oxygens (including phenoxy) is 1. The van der Waals surface area contributed by atoms with E-state index in [1.54, 1.807) is 24.3 Å². The van der Waals surface area contributed by atoms with Crippen LogP contribution in [0.3, 0.4) is 0 Å². The van der Waals surface area contributed by atoms with Gasteiger partial charge in [-0.25, -0.2) is 4.68 Å². The van der Waals surface area contributed by atoms with Crippen LogP contribution >= 0.6 is 0 Å². The molecule has 0 fully saturated rings. The molecule has 0 saturated heterocycles. The average Bonchev–Trinajstić information content (AvgIpc) is 3.05. The van der Waals surface area contributed by atoms with Gasteiger partial charge >= 0.3 is 0 Å². The minimum absolute atomic E-state index is 0.00268. The number of aryl methyl sites for hydroxylation is 3. The van der Waals surface area contributed by atoms with Crippen molar-refractivity contribution in [3.05, 3.63) is 58.8 Å². The van der Waals surface area contributed by atoms with Crippen molar-refractivity contribution in [1.82, 2.24) is 15.0 Å². The largest absolute Gasteiger partial charge is 0.497 e. The van der Waals surface area contributed by atoms with Crippen LogP contribution in [0.4, 0.5) is 17.2 Å². The Kier molecular flexibility index (Phi) is 6.01. The highest BCUT2D eigenvalue weighted by atomic mass is 16.5. The minimum Gasteiger partial charge on any atom is -0.497 e. The number of nitrogen functional groups attached to an aromatic ring is 1. The highest BCUT2D eigenvalue weighted by molar-refractivity contribution is 6.06. The number of hydrogen-bond acceptors (Lipinski definition) is 6. The van der Waals surface area contributed by atoms with Crippen molar-refractivity contribution < 1.29 is 14.3 Å². The number of methoxy groups -OCH3 is 1. The van der Waals surface area contributed by atoms with Crippen LogP contribution in [0.2, 0.25) is 0 Å². The first-order valence-electron chi connectivity index (χ1n) is 9.30. The molecule has 0 aliphatic rings. The summed E-state index contributed by atoms with van der Waals surface area (Å²) in [6.07, 6.45) is 0. The number of carbonyl (C=O) groups is 2. The summed E-state index contributed by atoms with van der Waals surface area (Å²) in [5, 5.41) is 13.2. The van der Waals surface area contributed by atoms with Crippen LogP contribution in [0.5, 0.6) is 5.75 Å². The molecule has 0 atom stereocenters. The predicted molar refractivity (Wildman–Crippen MR) is 115 cm³/mol. The van der Waals surface area contributed by atoms with Gasteiger partial charge in [-0.05, 0) is 44.0 Å². The molecule has 0 aliphatic carbocycles. The van der Waals surface area contributed by atoms with Crippen LogP contribution in [0.15, 0.2) is 36.4 Å². The number of rotatable bonds is 6. The van der Waals surface area contributed by atoms with Crippen LogP contribution in [-0.2, 0) is 11.3 Å². The summed E-state index contributed by atoms with van der Waals surface area (Å²) in [6.45, 7) is 5.69. The van der Waals surface area contributed by atoms with Gasteiger partial charge in [-0.2, -0.15) is 0 Å². The van der Waals surface area contributed by atoms with Crippen molar-refractivity contribution >= 4 is 29.0 Å². The fourth-order valence-electron chi connectivity index (χ4n) is 3.18. The van der Waals surface area contributed by atoms with Gasteiger partial charge in [0.25, 0.3) is 5.91 Å². The van der Waals surface area contributed by atoms with E-state index in [4.69, 9.17) is 10.5 Å². The molecule has 3 rings (SSSR count). The zero-order valence-corrected chi connectivity index (χ0v) is 17.3. The van der Waals surface area contributed by atoms with Gasteiger partial charge in [0.2, 0.25) is 5.91 Å². The van der Waals surface area contributed by atoms with Crippen molar-refractivity contribution in [1.29, 1.82) is 0 Å². The van der Waals surface area contributed by atoms with Crippen LogP contribution in [0.25, 0.3) is 0 Å². The van der Waals surface area contributed by atoms with E-state index in [1.807, 2.05) is 32.9 Å². The number of carbonyl (C=O) groups excluding carboxylic acids is 2. The molecular weight excluding hydrogens is 384 g/mol. The van der Waals surface area contributed by atoms with E-state index in [0.717, 1.165) is 22.4 Å². The van der Waals surface area contributed by atoms with E-state index in [-0.39, 0.29) is 24.0 Å². The number of nitrogens with two attached hydrogens (primary N) is 1. The fraction of sp³-hybridized carbons (Fsp3) is 0.238. The summed E-state index contributed by atoms with van der Waals surface area (Å²) in [5.74, 6) is -0.246. The molecule has 0 spiro atoms. The molecule has 156 valence electrons. The van der Waals surface area contributed by atoms with Crippen LogP contribution in [-0.4, -0.2) is 33.9 Å². The summed E-state index contributed by atoms with van der Waals surface area (Å²) in [4.78, 5) is 25.0. The summed E-state index contributed by atoms with van der Waals surface area (Å²) in [5.41, 5.74) is 10.3. The number of anilines is 3. The lowest BCUT2D eigenvalue weighted by molar-refractivity contribution is -0.116. The van der Waals surface area contributed by atoms with Gasteiger partial charge in [0.15, 0.2) is 11.5 Å². The zero-order chi connectivity index (χ0) is 21.8. The number of nitrogens with zero attached hydrogens (tertiary/aromatic N) is 3. The second kappa shape index (κ2) is 8.64. The van der Waals surface area contributed by atoms with E-state index in [2.05, 4.69) is 20.9 Å². The molecule has 0 unspecified atom stereocenters. The molecule has 3 aromatic rings. The van der Waals surface area contributed by atoms with Gasteiger partial charge < -0.3 is 21.1 Å². The molecule has 0 bridgehead atoms. The Bertz CT molecular complexity index is 1080. The maximum Gasteiger partial charge on any atom is 0.280 e. The Labute approximate surface area is 174 Å². The molecule has 0 saturated carbocycles. The van der Waals surface area contributed by atoms with E-state index < -0.39 is 5.91 Å². The lowest BCUT2D eigenvalue weighted by Gasteiger charge is -2.13. The molecule has 30 heavy (non-hydrogen) atoms. The minimum atomic E-state index is -0.530. The van der Waals surface area contributed by atoms with Crippen molar-refractivity contribution in [2.75, 3.05) is 23.5 Å². The molecule has 2 aromatic carbocycles. The van der Waals surface area contributed by atoms with Gasteiger partial charge in [-0.3, -0.25) is 9.59 Å². The highest BCUT2D eigenvalue weighted by Gasteiger charge is 2.19. The van der Waals surface area contributed by atoms with Crippen molar-refractivity contribution in [2.24, 2.45) is 0 Å². The quantitative estimate of drug-likeness (QED) is 0.576. The summed E-state index contributed by atoms with van der Waals surface area (Å²) in [6, 6.07) is 10.9. The maximum atomic E-state index is 12.5. The molecule has 9 nitrogen and oxygen atoms in total. The molecule has 9 heteroatoms. The molecular formula is C21H24N6O3. The lowest BCUT2D eigenvalue weighted by Crippen LogP contribution is -2.22. The zero-order valence-electron chi connectivity index (χ0n) is 17.3. The third kappa shape index (κ3) is 4.57.